The number of carbonyl (C=O) groups is 2. The molecule has 0 heterocycles. The molecule has 0 amide bonds. The van der Waals surface area contributed by atoms with E-state index in [1.54, 1.807) is 0 Å². The number of benzene rings is 1. The molecule has 0 spiro atoms. The van der Waals surface area contributed by atoms with Gasteiger partial charge in [0.25, 0.3) is 0 Å². The number of nitrogens with two attached hydrogens (primary N) is 1. The average Bonchev–Trinajstić information content (AvgIpc) is 3.21. The largest absolute Gasteiger partial charge is 0.481 e. The Kier molecular flexibility index (Phi) is 58.4. The Hall–Kier alpha value is -1.88. The molecule has 350 valence electrons. The van der Waals surface area contributed by atoms with E-state index in [-0.39, 0.29) is 0 Å². The lowest BCUT2D eigenvalue weighted by Gasteiger charge is -2.03. The quantitative estimate of drug-likeness (QED) is 0.0572. The van der Waals surface area contributed by atoms with Crippen LogP contribution in [-0.2, 0) is 9.59 Å². The van der Waals surface area contributed by atoms with E-state index in [9.17, 15) is 9.59 Å². The molecule has 0 radical (unpaired) electrons. The number of hydrogen-bond donors (Lipinski definition) is 3. The van der Waals surface area contributed by atoms with Crippen LogP contribution < -0.4 is 5.73 Å². The zero-order chi connectivity index (χ0) is 44.1. The van der Waals surface area contributed by atoms with Gasteiger partial charge in [0.15, 0.2) is 0 Å². The van der Waals surface area contributed by atoms with Crippen molar-refractivity contribution in [3.63, 3.8) is 0 Å². The number of aryl methyl sites for hydroxylation is 2. The second-order valence-corrected chi connectivity index (χ2v) is 17.6. The van der Waals surface area contributed by atoms with Crippen LogP contribution in [0.3, 0.4) is 0 Å². The molecule has 4 N–H and O–H groups in total. The van der Waals surface area contributed by atoms with Crippen molar-refractivity contribution in [2.24, 2.45) is 5.73 Å². The zero-order valence-corrected chi connectivity index (χ0v) is 40.6. The van der Waals surface area contributed by atoms with Crippen LogP contribution in [0.2, 0.25) is 0 Å². The molecule has 1 rings (SSSR count). The topological polar surface area (TPSA) is 101 Å². The summed E-state index contributed by atoms with van der Waals surface area (Å²) in [6, 6.07) is 8.45. The van der Waals surface area contributed by atoms with E-state index in [0.717, 1.165) is 32.2 Å². The first-order valence-electron chi connectivity index (χ1n) is 25.9. The maximum atomic E-state index is 10.3. The van der Waals surface area contributed by atoms with Crippen molar-refractivity contribution in [3.05, 3.63) is 35.4 Å². The maximum absolute atomic E-state index is 10.3. The zero-order valence-electron chi connectivity index (χ0n) is 40.6. The third kappa shape index (κ3) is 65.4. The molecule has 0 unspecified atom stereocenters. The van der Waals surface area contributed by atoms with Gasteiger partial charge in [-0.05, 0) is 39.7 Å². The Morgan fingerprint density at radius 1 is 0.373 bits per heavy atom. The van der Waals surface area contributed by atoms with Crippen LogP contribution in [0, 0.1) is 13.8 Å². The standard InChI is InChI=1S/2C18H36O2.C10H23N.C8H10/c2*1-2-3-4-5-6-7-8-9-10-11-12-13-14-15-16-17-18(19)20;1-2-3-4-5-6-7-8-9-10-11;1-7-4-3-5-8(2)6-7/h2*2-17H2,1H3,(H,19,20);2-11H2,1H3;3-6H,1-2H3. The second-order valence-electron chi connectivity index (χ2n) is 17.6. The van der Waals surface area contributed by atoms with E-state index in [1.165, 1.54) is 229 Å². The highest BCUT2D eigenvalue weighted by atomic mass is 16.4. The molecular formula is C54H105NO4. The van der Waals surface area contributed by atoms with E-state index in [1.807, 2.05) is 0 Å². The van der Waals surface area contributed by atoms with Gasteiger partial charge in [-0.1, -0.05) is 281 Å². The van der Waals surface area contributed by atoms with Crippen molar-refractivity contribution in [1.29, 1.82) is 0 Å². The van der Waals surface area contributed by atoms with Gasteiger partial charge >= 0.3 is 11.9 Å². The molecule has 0 aliphatic rings. The van der Waals surface area contributed by atoms with E-state index in [2.05, 4.69) is 58.9 Å². The molecule has 0 aromatic heterocycles. The fourth-order valence-corrected chi connectivity index (χ4v) is 7.38. The normalized spacial score (nSPS) is 10.5. The minimum atomic E-state index is -0.653. The molecule has 5 heteroatoms. The second kappa shape index (κ2) is 56.1. The summed E-state index contributed by atoms with van der Waals surface area (Å²) in [7, 11) is 0. The van der Waals surface area contributed by atoms with Crippen LogP contribution in [0.25, 0.3) is 0 Å². The van der Waals surface area contributed by atoms with Crippen molar-refractivity contribution in [2.75, 3.05) is 6.54 Å². The molecule has 5 nitrogen and oxygen atoms in total. The number of hydrogen-bond acceptors (Lipinski definition) is 3. The fraction of sp³-hybridized carbons (Fsp3) is 0.852. The number of carboxylic acid groups (broad SMARTS) is 2. The Bertz CT molecular complexity index is 865. The van der Waals surface area contributed by atoms with Crippen LogP contribution >= 0.6 is 0 Å². The molecule has 59 heavy (non-hydrogen) atoms. The fourth-order valence-electron chi connectivity index (χ4n) is 7.38. The van der Waals surface area contributed by atoms with E-state index in [4.69, 9.17) is 15.9 Å². The van der Waals surface area contributed by atoms with Gasteiger partial charge in [-0.2, -0.15) is 0 Å². The van der Waals surface area contributed by atoms with Crippen LogP contribution in [0.1, 0.15) is 289 Å². The van der Waals surface area contributed by atoms with Crippen molar-refractivity contribution in [2.45, 2.75) is 291 Å². The van der Waals surface area contributed by atoms with E-state index >= 15 is 0 Å². The minimum absolute atomic E-state index is 0.345. The predicted octanol–water partition coefficient (Wildman–Crippen LogP) is 18.1. The molecule has 0 saturated heterocycles. The molecule has 0 aliphatic heterocycles. The molecule has 0 saturated carbocycles. The minimum Gasteiger partial charge on any atom is -0.481 e. The number of unbranched alkanes of at least 4 members (excludes halogenated alkanes) is 35. The van der Waals surface area contributed by atoms with Crippen LogP contribution in [0.5, 0.6) is 0 Å². The summed E-state index contributed by atoms with van der Waals surface area (Å²) in [6.45, 7) is 11.9. The lowest BCUT2D eigenvalue weighted by molar-refractivity contribution is -0.138. The first kappa shape index (κ1) is 61.4. The van der Waals surface area contributed by atoms with Gasteiger partial charge in [-0.25, -0.2) is 0 Å². The monoisotopic (exact) mass is 832 g/mol. The summed E-state index contributed by atoms with van der Waals surface area (Å²) in [5, 5.41) is 17.0. The molecular weight excluding hydrogens is 727 g/mol. The van der Waals surface area contributed by atoms with E-state index in [0.29, 0.717) is 12.8 Å². The van der Waals surface area contributed by atoms with Crippen molar-refractivity contribution < 1.29 is 19.8 Å². The third-order valence-electron chi connectivity index (χ3n) is 11.2. The van der Waals surface area contributed by atoms with Gasteiger partial charge in [0.1, 0.15) is 0 Å². The first-order valence-corrected chi connectivity index (χ1v) is 25.9. The molecule has 1 aromatic carbocycles. The smallest absolute Gasteiger partial charge is 0.303 e. The summed E-state index contributed by atoms with van der Waals surface area (Å²) in [5.74, 6) is -1.31. The highest BCUT2D eigenvalue weighted by Crippen LogP contribution is 2.15. The highest BCUT2D eigenvalue weighted by Gasteiger charge is 1.99. The number of rotatable bonds is 40. The average molecular weight is 832 g/mol. The summed E-state index contributed by atoms with van der Waals surface area (Å²) in [4.78, 5) is 20.7. The third-order valence-corrected chi connectivity index (χ3v) is 11.2. The Morgan fingerprint density at radius 3 is 0.746 bits per heavy atom. The summed E-state index contributed by atoms with van der Waals surface area (Å²) < 4.78 is 0. The van der Waals surface area contributed by atoms with Crippen LogP contribution in [-0.4, -0.2) is 28.7 Å². The number of aliphatic carboxylic acids is 2. The highest BCUT2D eigenvalue weighted by molar-refractivity contribution is 5.66. The van der Waals surface area contributed by atoms with Gasteiger partial charge < -0.3 is 15.9 Å². The van der Waals surface area contributed by atoms with Gasteiger partial charge in [-0.3, -0.25) is 9.59 Å². The molecule has 1 aromatic rings. The van der Waals surface area contributed by atoms with Crippen LogP contribution in [0.15, 0.2) is 24.3 Å². The molecule has 0 bridgehead atoms. The van der Waals surface area contributed by atoms with Crippen molar-refractivity contribution in [3.8, 4) is 0 Å². The predicted molar refractivity (Wildman–Crippen MR) is 262 cm³/mol. The van der Waals surface area contributed by atoms with Gasteiger partial charge in [-0.15, -0.1) is 0 Å². The van der Waals surface area contributed by atoms with Gasteiger partial charge in [0.05, 0.1) is 0 Å². The Labute approximate surface area is 369 Å². The Morgan fingerprint density at radius 2 is 0.576 bits per heavy atom. The summed E-state index contributed by atoms with van der Waals surface area (Å²) in [5.41, 5.74) is 8.07. The SMILES string of the molecule is CCCCCCCCCCCCCCCCCC(=O)O.CCCCCCCCCCCCCCCCCC(=O)O.CCCCCCCCCCN.Cc1cccc(C)c1. The summed E-state index contributed by atoms with van der Waals surface area (Å²) in [6.07, 6.45) is 51.4. The van der Waals surface area contributed by atoms with Crippen molar-refractivity contribution in [1.82, 2.24) is 0 Å². The first-order chi connectivity index (χ1) is 28.7. The van der Waals surface area contributed by atoms with Crippen LogP contribution in [0.4, 0.5) is 0 Å². The number of carboxylic acids is 2. The lowest BCUT2D eigenvalue weighted by Crippen LogP contribution is -1.97. The van der Waals surface area contributed by atoms with E-state index < -0.39 is 11.9 Å². The summed E-state index contributed by atoms with van der Waals surface area (Å²) >= 11 is 0. The molecule has 0 atom stereocenters. The van der Waals surface area contributed by atoms with Gasteiger partial charge in [0.2, 0.25) is 0 Å². The maximum Gasteiger partial charge on any atom is 0.303 e. The Balaban J connectivity index is -0.000000750. The molecule has 0 aliphatic carbocycles. The lowest BCUT2D eigenvalue weighted by atomic mass is 10.0. The van der Waals surface area contributed by atoms with Crippen molar-refractivity contribution >= 4 is 11.9 Å². The van der Waals surface area contributed by atoms with Gasteiger partial charge in [0, 0.05) is 12.8 Å². The molecule has 0 fully saturated rings.